The van der Waals surface area contributed by atoms with Gasteiger partial charge in [0.25, 0.3) is 11.8 Å². The molecule has 0 radical (unpaired) electrons. The summed E-state index contributed by atoms with van der Waals surface area (Å²) >= 11 is 13.2. The Hall–Kier alpha value is -2.58. The van der Waals surface area contributed by atoms with Crippen molar-refractivity contribution in [3.8, 4) is 11.5 Å². The lowest BCUT2D eigenvalue weighted by atomic mass is 9.59. The highest BCUT2D eigenvalue weighted by Gasteiger charge is 2.57. The fourth-order valence-corrected chi connectivity index (χ4v) is 5.55. The maximum absolute atomic E-state index is 13.7. The average molecular weight is 713 g/mol. The molecule has 0 aliphatic heterocycles. The van der Waals surface area contributed by atoms with Crippen LogP contribution < -0.4 is 20.1 Å². The van der Waals surface area contributed by atoms with Crippen LogP contribution in [0.2, 0.25) is 10.0 Å². The summed E-state index contributed by atoms with van der Waals surface area (Å²) in [6, 6.07) is 7.70. The molecule has 216 valence electrons. The SMILES string of the molecule is O=C(COc1ccc(Cl)c(F)c1)NC12CCC(NC(=O)COc3ccc(Cl)c(F)c3)(CC1)[C@@H](OC(=O)OCI)C2. The third kappa shape index (κ3) is 7.38. The maximum atomic E-state index is 13.7. The van der Waals surface area contributed by atoms with Crippen molar-refractivity contribution in [1.29, 1.82) is 0 Å². The minimum absolute atomic E-state index is 0.0618. The van der Waals surface area contributed by atoms with E-state index in [1.165, 1.54) is 24.3 Å². The Morgan fingerprint density at radius 2 is 1.40 bits per heavy atom. The maximum Gasteiger partial charge on any atom is 0.509 e. The van der Waals surface area contributed by atoms with Gasteiger partial charge in [-0.05, 0) is 72.5 Å². The molecule has 0 spiro atoms. The summed E-state index contributed by atoms with van der Waals surface area (Å²) in [6.45, 7) is -0.770. The van der Waals surface area contributed by atoms with Gasteiger partial charge in [-0.3, -0.25) is 9.59 Å². The van der Waals surface area contributed by atoms with Gasteiger partial charge in [-0.15, -0.1) is 0 Å². The molecule has 0 saturated heterocycles. The molecule has 0 heterocycles. The second kappa shape index (κ2) is 12.9. The average Bonchev–Trinajstić information content (AvgIpc) is 2.91. The van der Waals surface area contributed by atoms with E-state index >= 15 is 0 Å². The van der Waals surface area contributed by atoms with Gasteiger partial charge in [0.05, 0.1) is 15.6 Å². The fraction of sp³-hybridized carbons (Fsp3) is 0.423. The van der Waals surface area contributed by atoms with Crippen LogP contribution in [0.1, 0.15) is 32.1 Å². The molecule has 5 rings (SSSR count). The number of ether oxygens (including phenoxy) is 4. The van der Waals surface area contributed by atoms with Crippen molar-refractivity contribution < 1.29 is 42.1 Å². The van der Waals surface area contributed by atoms with Crippen molar-refractivity contribution in [2.45, 2.75) is 49.3 Å². The Bertz CT molecular complexity index is 1280. The van der Waals surface area contributed by atoms with Crippen LogP contribution in [-0.2, 0) is 19.1 Å². The summed E-state index contributed by atoms with van der Waals surface area (Å²) in [5.74, 6) is -2.00. The minimum atomic E-state index is -0.917. The number of hydrogen-bond donors (Lipinski definition) is 2. The van der Waals surface area contributed by atoms with Gasteiger partial charge in [-0.1, -0.05) is 23.2 Å². The molecule has 2 bridgehead atoms. The molecular formula is C26H25Cl2F2IN2O7. The molecule has 2 amide bonds. The van der Waals surface area contributed by atoms with Crippen LogP contribution in [0.15, 0.2) is 36.4 Å². The molecule has 3 aliphatic carbocycles. The number of benzene rings is 2. The Kier molecular flexibility index (Phi) is 9.83. The first-order valence-electron chi connectivity index (χ1n) is 12.2. The summed E-state index contributed by atoms with van der Waals surface area (Å²) in [6.07, 6.45) is 0.253. The molecule has 2 N–H and O–H groups in total. The van der Waals surface area contributed by atoms with Gasteiger partial charge in [0.2, 0.25) is 0 Å². The van der Waals surface area contributed by atoms with Crippen molar-refractivity contribution in [2.75, 3.05) is 17.8 Å². The van der Waals surface area contributed by atoms with E-state index in [0.717, 1.165) is 12.1 Å². The smallest absolute Gasteiger partial charge is 0.484 e. The Morgan fingerprint density at radius 3 is 1.90 bits per heavy atom. The van der Waals surface area contributed by atoms with Crippen molar-refractivity contribution in [1.82, 2.24) is 10.6 Å². The first kappa shape index (κ1) is 30.4. The number of halogens is 5. The molecule has 3 aliphatic rings. The minimum Gasteiger partial charge on any atom is -0.484 e. The van der Waals surface area contributed by atoms with Gasteiger partial charge < -0.3 is 29.6 Å². The summed E-state index contributed by atoms with van der Waals surface area (Å²) < 4.78 is 48.8. The first-order valence-corrected chi connectivity index (χ1v) is 14.5. The number of hydrogen-bond acceptors (Lipinski definition) is 7. The van der Waals surface area contributed by atoms with Gasteiger partial charge in [0.1, 0.15) is 33.9 Å². The molecule has 3 saturated carbocycles. The van der Waals surface area contributed by atoms with Crippen molar-refractivity contribution >= 4 is 63.8 Å². The van der Waals surface area contributed by atoms with E-state index in [9.17, 15) is 23.2 Å². The Morgan fingerprint density at radius 1 is 0.875 bits per heavy atom. The van der Waals surface area contributed by atoms with Gasteiger partial charge in [-0.2, -0.15) is 0 Å². The number of nitrogens with one attached hydrogen (secondary N) is 2. The number of alkyl halides is 1. The van der Waals surface area contributed by atoms with E-state index in [1.54, 1.807) is 0 Å². The molecule has 3 fully saturated rings. The molecule has 0 aromatic heterocycles. The van der Waals surface area contributed by atoms with Gasteiger partial charge >= 0.3 is 6.16 Å². The second-order valence-corrected chi connectivity index (χ2v) is 11.0. The highest BCUT2D eigenvalue weighted by atomic mass is 127. The summed E-state index contributed by atoms with van der Waals surface area (Å²) in [5.41, 5.74) is -1.63. The lowest BCUT2D eigenvalue weighted by Gasteiger charge is -2.56. The monoisotopic (exact) mass is 712 g/mol. The Balaban J connectivity index is 1.39. The topological polar surface area (TPSA) is 112 Å². The number of amides is 2. The fourth-order valence-electron chi connectivity index (χ4n) is 5.06. The number of rotatable bonds is 10. The van der Waals surface area contributed by atoms with E-state index < -0.39 is 53.4 Å². The molecule has 2 aromatic carbocycles. The van der Waals surface area contributed by atoms with Crippen LogP contribution in [-0.4, -0.2) is 53.0 Å². The molecule has 40 heavy (non-hydrogen) atoms. The van der Waals surface area contributed by atoms with Crippen molar-refractivity contribution in [2.24, 2.45) is 0 Å². The van der Waals surface area contributed by atoms with E-state index in [1.807, 2.05) is 22.6 Å². The molecule has 9 nitrogen and oxygen atoms in total. The second-order valence-electron chi connectivity index (χ2n) is 9.58. The standard InChI is InChI=1S/C26H25Cl2F2IN2O7/c27-17-3-1-15(9-19(17)29)37-12-22(34)32-25-5-7-26(8-6-25,21(11-25)40-24(36)39-14-31)33-23(35)13-38-16-2-4-18(28)20(30)10-16/h1-4,9-10,21H,5-8,11-14H2,(H,32,34)(H,33,35)/t21-,25?,26?/m0/s1. The van der Waals surface area contributed by atoms with Crippen molar-refractivity contribution in [3.63, 3.8) is 0 Å². The quantitative estimate of drug-likeness (QED) is 0.195. The summed E-state index contributed by atoms with van der Waals surface area (Å²) in [5, 5.41) is 5.78. The highest BCUT2D eigenvalue weighted by molar-refractivity contribution is 14.1. The lowest BCUT2D eigenvalue weighted by molar-refractivity contribution is -0.138. The number of carbonyl (C=O) groups excluding carboxylic acids is 3. The zero-order valence-corrected chi connectivity index (χ0v) is 24.6. The van der Waals surface area contributed by atoms with E-state index in [0.29, 0.717) is 25.7 Å². The summed E-state index contributed by atoms with van der Waals surface area (Å²) in [7, 11) is 0. The van der Waals surface area contributed by atoms with Crippen LogP contribution >= 0.6 is 45.8 Å². The lowest BCUT2D eigenvalue weighted by Crippen LogP contribution is -2.71. The van der Waals surface area contributed by atoms with E-state index in [-0.39, 0.29) is 39.2 Å². The van der Waals surface area contributed by atoms with Crippen LogP contribution in [0.3, 0.4) is 0 Å². The largest absolute Gasteiger partial charge is 0.509 e. The molecular weight excluding hydrogens is 688 g/mol. The molecule has 1 atom stereocenters. The Labute approximate surface area is 252 Å². The predicted molar refractivity (Wildman–Crippen MR) is 149 cm³/mol. The third-order valence-electron chi connectivity index (χ3n) is 7.02. The van der Waals surface area contributed by atoms with Crippen LogP contribution in [0.5, 0.6) is 11.5 Å². The highest BCUT2D eigenvalue weighted by Crippen LogP contribution is 2.48. The normalized spacial score (nSPS) is 23.2. The molecule has 0 unspecified atom stereocenters. The van der Waals surface area contributed by atoms with Gasteiger partial charge in [0, 0.05) is 24.1 Å². The first-order chi connectivity index (χ1) is 19.0. The van der Waals surface area contributed by atoms with Gasteiger partial charge in [0.15, 0.2) is 13.2 Å². The zero-order valence-electron chi connectivity index (χ0n) is 20.9. The van der Waals surface area contributed by atoms with E-state index in [4.69, 9.17) is 42.1 Å². The van der Waals surface area contributed by atoms with E-state index in [2.05, 4.69) is 10.6 Å². The number of carbonyl (C=O) groups is 3. The third-order valence-corrected chi connectivity index (χ3v) is 7.94. The predicted octanol–water partition coefficient (Wildman–Crippen LogP) is 5.33. The van der Waals surface area contributed by atoms with Crippen molar-refractivity contribution in [3.05, 3.63) is 58.1 Å². The van der Waals surface area contributed by atoms with Crippen LogP contribution in [0.4, 0.5) is 13.6 Å². The molecule has 14 heteroatoms. The van der Waals surface area contributed by atoms with Gasteiger partial charge in [-0.25, -0.2) is 13.6 Å². The summed E-state index contributed by atoms with van der Waals surface area (Å²) in [4.78, 5) is 37.9. The number of fused-ring (bicyclic) bond motifs is 3. The van der Waals surface area contributed by atoms with Crippen LogP contribution in [0.25, 0.3) is 0 Å². The molecule has 2 aromatic rings. The van der Waals surface area contributed by atoms with Crippen LogP contribution in [0, 0.1) is 11.6 Å². The zero-order chi connectivity index (χ0) is 28.9.